The highest BCUT2D eigenvalue weighted by Crippen LogP contribution is 2.15. The predicted molar refractivity (Wildman–Crippen MR) is 103 cm³/mol. The third-order valence-electron chi connectivity index (χ3n) is 4.61. The number of hydrogen-bond acceptors (Lipinski definition) is 4. The third kappa shape index (κ3) is 7.61. The van der Waals surface area contributed by atoms with Crippen LogP contribution in [0.2, 0.25) is 0 Å². The second kappa shape index (κ2) is 12.1. The first-order valence-corrected chi connectivity index (χ1v) is 9.58. The van der Waals surface area contributed by atoms with Gasteiger partial charge in [-0.05, 0) is 32.9 Å². The van der Waals surface area contributed by atoms with Crippen LogP contribution >= 0.6 is 0 Å². The number of nitrogens with zero attached hydrogens (tertiary/aromatic N) is 4. The molecule has 7 nitrogen and oxygen atoms in total. The molecular weight excluding hydrogens is 318 g/mol. The molecule has 1 aliphatic heterocycles. The van der Waals surface area contributed by atoms with Gasteiger partial charge in [0.25, 0.3) is 0 Å². The zero-order valence-corrected chi connectivity index (χ0v) is 16.8. The van der Waals surface area contributed by atoms with Crippen LogP contribution in [0.4, 0.5) is 0 Å². The van der Waals surface area contributed by atoms with E-state index >= 15 is 0 Å². The first-order chi connectivity index (χ1) is 12.0. The maximum Gasteiger partial charge on any atom is 0.243 e. The van der Waals surface area contributed by atoms with Crippen LogP contribution in [0.25, 0.3) is 0 Å². The van der Waals surface area contributed by atoms with Gasteiger partial charge in [-0.1, -0.05) is 13.8 Å². The van der Waals surface area contributed by atoms with Gasteiger partial charge in [0.1, 0.15) is 6.54 Å². The summed E-state index contributed by atoms with van der Waals surface area (Å²) >= 11 is 0. The van der Waals surface area contributed by atoms with Crippen molar-refractivity contribution in [1.82, 2.24) is 20.0 Å². The van der Waals surface area contributed by atoms with Crippen LogP contribution in [0.1, 0.15) is 33.6 Å². The van der Waals surface area contributed by atoms with Gasteiger partial charge in [0, 0.05) is 53.0 Å². The summed E-state index contributed by atoms with van der Waals surface area (Å²) in [5.41, 5.74) is 0. The van der Waals surface area contributed by atoms with Gasteiger partial charge in [-0.3, -0.25) is 9.69 Å². The van der Waals surface area contributed by atoms with Gasteiger partial charge in [-0.25, -0.2) is 4.99 Å². The van der Waals surface area contributed by atoms with Crippen molar-refractivity contribution >= 4 is 11.9 Å². The highest BCUT2D eigenvalue weighted by atomic mass is 16.5. The lowest BCUT2D eigenvalue weighted by Crippen LogP contribution is -2.44. The van der Waals surface area contributed by atoms with Crippen molar-refractivity contribution in [2.75, 3.05) is 66.6 Å². The Bertz CT molecular complexity index is 410. The standard InChI is InChI=1S/C18H37N5O2/c1-6-22(7-2)16-10-12-23(15-16)18(19-11-9-13-25-8-3)20-14-17(24)21(4)5/h16H,6-15H2,1-5H3,(H,19,20). The number of aliphatic imine (C=N–C) groups is 1. The number of likely N-dealkylation sites (N-methyl/N-ethyl adjacent to an activating group) is 2. The number of hydrogen-bond donors (Lipinski definition) is 1. The van der Waals surface area contributed by atoms with E-state index in [0.717, 1.165) is 64.7 Å². The minimum absolute atomic E-state index is 0.0214. The molecule has 0 aliphatic carbocycles. The van der Waals surface area contributed by atoms with Crippen molar-refractivity contribution in [2.45, 2.75) is 39.7 Å². The maximum atomic E-state index is 11.9. The van der Waals surface area contributed by atoms with Crippen molar-refractivity contribution in [3.05, 3.63) is 0 Å². The lowest BCUT2D eigenvalue weighted by Gasteiger charge is -2.27. The minimum Gasteiger partial charge on any atom is -0.382 e. The van der Waals surface area contributed by atoms with E-state index in [1.807, 2.05) is 6.92 Å². The Morgan fingerprint density at radius 3 is 2.60 bits per heavy atom. The molecule has 0 aromatic heterocycles. The first-order valence-electron chi connectivity index (χ1n) is 9.58. The normalized spacial score (nSPS) is 18.1. The Labute approximate surface area is 153 Å². The van der Waals surface area contributed by atoms with Crippen molar-refractivity contribution in [2.24, 2.45) is 4.99 Å². The molecule has 1 heterocycles. The van der Waals surface area contributed by atoms with Crippen LogP contribution < -0.4 is 5.32 Å². The van der Waals surface area contributed by atoms with E-state index in [0.29, 0.717) is 6.04 Å². The van der Waals surface area contributed by atoms with E-state index in [4.69, 9.17) is 4.74 Å². The van der Waals surface area contributed by atoms with Crippen LogP contribution in [0.15, 0.2) is 4.99 Å². The lowest BCUT2D eigenvalue weighted by atomic mass is 10.2. The highest BCUT2D eigenvalue weighted by molar-refractivity contribution is 5.85. The molecule has 0 aromatic carbocycles. The highest BCUT2D eigenvalue weighted by Gasteiger charge is 2.28. The van der Waals surface area contributed by atoms with Gasteiger partial charge in [0.15, 0.2) is 5.96 Å². The SMILES string of the molecule is CCOCCCNC(=NCC(=O)N(C)C)N1CCC(N(CC)CC)C1. The largest absolute Gasteiger partial charge is 0.382 e. The molecule has 25 heavy (non-hydrogen) atoms. The Morgan fingerprint density at radius 1 is 1.28 bits per heavy atom. The molecular formula is C18H37N5O2. The zero-order valence-electron chi connectivity index (χ0n) is 16.8. The molecule has 1 atom stereocenters. The van der Waals surface area contributed by atoms with Gasteiger partial charge < -0.3 is 19.9 Å². The summed E-state index contributed by atoms with van der Waals surface area (Å²) in [4.78, 5) is 22.8. The van der Waals surface area contributed by atoms with Crippen molar-refractivity contribution < 1.29 is 9.53 Å². The van der Waals surface area contributed by atoms with Crippen molar-refractivity contribution in [1.29, 1.82) is 0 Å². The molecule has 7 heteroatoms. The van der Waals surface area contributed by atoms with Gasteiger partial charge >= 0.3 is 0 Å². The number of rotatable bonds is 10. The Morgan fingerprint density at radius 2 is 2.00 bits per heavy atom. The summed E-state index contributed by atoms with van der Waals surface area (Å²) in [6, 6.07) is 0.565. The van der Waals surface area contributed by atoms with E-state index in [9.17, 15) is 4.79 Å². The van der Waals surface area contributed by atoms with E-state index in [1.54, 1.807) is 19.0 Å². The molecule has 1 unspecified atom stereocenters. The molecule has 0 bridgehead atoms. The number of carbonyl (C=O) groups excluding carboxylic acids is 1. The lowest BCUT2D eigenvalue weighted by molar-refractivity contribution is -0.127. The van der Waals surface area contributed by atoms with Crippen LogP contribution in [0, 0.1) is 0 Å². The van der Waals surface area contributed by atoms with Gasteiger partial charge in [0.05, 0.1) is 0 Å². The monoisotopic (exact) mass is 355 g/mol. The smallest absolute Gasteiger partial charge is 0.243 e. The predicted octanol–water partition coefficient (Wildman–Crippen LogP) is 0.863. The summed E-state index contributed by atoms with van der Waals surface area (Å²) in [5.74, 6) is 0.870. The Kier molecular flexibility index (Phi) is 10.5. The topological polar surface area (TPSA) is 60.4 Å². The molecule has 1 saturated heterocycles. The van der Waals surface area contributed by atoms with E-state index in [1.165, 1.54) is 0 Å². The summed E-state index contributed by atoms with van der Waals surface area (Å²) in [7, 11) is 3.53. The molecule has 1 rings (SSSR count). The molecule has 146 valence electrons. The molecule has 1 aliphatic rings. The van der Waals surface area contributed by atoms with E-state index in [2.05, 4.69) is 34.0 Å². The van der Waals surface area contributed by atoms with E-state index in [-0.39, 0.29) is 12.5 Å². The molecule has 0 saturated carbocycles. The molecule has 0 aromatic rings. The average Bonchev–Trinajstić information content (AvgIpc) is 3.07. The molecule has 0 radical (unpaired) electrons. The summed E-state index contributed by atoms with van der Waals surface area (Å²) in [6.07, 6.45) is 2.07. The number of guanidine groups is 1. The molecule has 1 N–H and O–H groups in total. The maximum absolute atomic E-state index is 11.9. The van der Waals surface area contributed by atoms with Crippen LogP contribution in [-0.2, 0) is 9.53 Å². The number of carbonyl (C=O) groups is 1. The molecule has 1 fully saturated rings. The van der Waals surface area contributed by atoms with Crippen LogP contribution in [0.5, 0.6) is 0 Å². The summed E-state index contributed by atoms with van der Waals surface area (Å²) in [5, 5.41) is 3.42. The van der Waals surface area contributed by atoms with Crippen molar-refractivity contribution in [3.63, 3.8) is 0 Å². The molecule has 0 spiro atoms. The van der Waals surface area contributed by atoms with Crippen LogP contribution in [-0.4, -0.2) is 99.2 Å². The first kappa shape index (κ1) is 21.7. The fraction of sp³-hybridized carbons (Fsp3) is 0.889. The van der Waals surface area contributed by atoms with Gasteiger partial charge in [0.2, 0.25) is 5.91 Å². The Hall–Kier alpha value is -1.34. The molecule has 1 amide bonds. The van der Waals surface area contributed by atoms with E-state index < -0.39 is 0 Å². The quantitative estimate of drug-likeness (QED) is 0.358. The summed E-state index contributed by atoms with van der Waals surface area (Å²) < 4.78 is 5.39. The fourth-order valence-corrected chi connectivity index (χ4v) is 3.04. The minimum atomic E-state index is 0.0214. The Balaban J connectivity index is 2.63. The second-order valence-corrected chi connectivity index (χ2v) is 6.51. The van der Waals surface area contributed by atoms with Crippen LogP contribution in [0.3, 0.4) is 0 Å². The number of nitrogens with one attached hydrogen (secondary N) is 1. The number of amides is 1. The number of likely N-dealkylation sites (tertiary alicyclic amines) is 1. The second-order valence-electron chi connectivity index (χ2n) is 6.51. The zero-order chi connectivity index (χ0) is 18.7. The third-order valence-corrected chi connectivity index (χ3v) is 4.61. The summed E-state index contributed by atoms with van der Waals surface area (Å²) in [6.45, 7) is 13.0. The fourth-order valence-electron chi connectivity index (χ4n) is 3.04. The van der Waals surface area contributed by atoms with Gasteiger partial charge in [-0.15, -0.1) is 0 Å². The van der Waals surface area contributed by atoms with Gasteiger partial charge in [-0.2, -0.15) is 0 Å². The average molecular weight is 356 g/mol. The number of ether oxygens (including phenoxy) is 1. The van der Waals surface area contributed by atoms with Crippen molar-refractivity contribution in [3.8, 4) is 0 Å².